The van der Waals surface area contributed by atoms with Crippen molar-refractivity contribution in [2.45, 2.75) is 6.92 Å². The highest BCUT2D eigenvalue weighted by Crippen LogP contribution is 2.39. The molecule has 0 aliphatic rings. The number of carbonyl (C=O) groups is 1. The van der Waals surface area contributed by atoms with E-state index in [2.05, 4.69) is 0 Å². The molecule has 0 unspecified atom stereocenters. The highest BCUT2D eigenvalue weighted by Gasteiger charge is 2.24. The van der Waals surface area contributed by atoms with E-state index in [1.807, 2.05) is 0 Å². The molecule has 0 aliphatic carbocycles. The maximum atomic E-state index is 11.3. The van der Waals surface area contributed by atoms with Gasteiger partial charge < -0.3 is 9.84 Å². The average Bonchev–Trinajstić information content (AvgIpc) is 2.47. The number of ether oxygens (including phenoxy) is 1. The van der Waals surface area contributed by atoms with E-state index < -0.39 is 10.9 Å². The standard InChI is InChI=1S/C15H13NO5/c1-2-21-13-9-11(15(17)18)8-12(16(19)20)14(13)10-6-4-3-5-7-10/h3-9H,2H2,1H3,(H,17,18). The van der Waals surface area contributed by atoms with Crippen molar-refractivity contribution in [1.29, 1.82) is 0 Å². The van der Waals surface area contributed by atoms with Gasteiger partial charge in [0, 0.05) is 6.07 Å². The quantitative estimate of drug-likeness (QED) is 0.672. The molecule has 1 N–H and O–H groups in total. The Bertz CT molecular complexity index is 682. The fourth-order valence-electron chi connectivity index (χ4n) is 2.03. The van der Waals surface area contributed by atoms with Crippen molar-refractivity contribution in [3.05, 3.63) is 58.1 Å². The number of nitro groups is 1. The summed E-state index contributed by atoms with van der Waals surface area (Å²) >= 11 is 0. The van der Waals surface area contributed by atoms with Gasteiger partial charge in [-0.2, -0.15) is 0 Å². The van der Waals surface area contributed by atoms with Gasteiger partial charge in [-0.3, -0.25) is 10.1 Å². The third-order valence-corrected chi connectivity index (χ3v) is 2.89. The maximum Gasteiger partial charge on any atom is 0.336 e. The van der Waals surface area contributed by atoms with Gasteiger partial charge in [0.25, 0.3) is 5.69 Å². The molecular formula is C15H13NO5. The molecule has 2 aromatic rings. The van der Waals surface area contributed by atoms with E-state index in [4.69, 9.17) is 9.84 Å². The molecule has 21 heavy (non-hydrogen) atoms. The van der Waals surface area contributed by atoms with Crippen LogP contribution in [0.15, 0.2) is 42.5 Å². The second-order valence-corrected chi connectivity index (χ2v) is 4.23. The first kappa shape index (κ1) is 14.5. The number of carboxylic acids is 1. The molecule has 0 amide bonds. The molecule has 2 rings (SSSR count). The minimum atomic E-state index is -1.24. The van der Waals surface area contributed by atoms with Crippen LogP contribution in [0.2, 0.25) is 0 Å². The van der Waals surface area contributed by atoms with Crippen LogP contribution in [0, 0.1) is 10.1 Å². The lowest BCUT2D eigenvalue weighted by atomic mass is 10.00. The van der Waals surface area contributed by atoms with E-state index in [0.717, 1.165) is 6.07 Å². The zero-order chi connectivity index (χ0) is 15.4. The number of nitrogens with zero attached hydrogens (tertiary/aromatic N) is 1. The Balaban J connectivity index is 2.76. The minimum absolute atomic E-state index is 0.176. The lowest BCUT2D eigenvalue weighted by molar-refractivity contribution is -0.384. The summed E-state index contributed by atoms with van der Waals surface area (Å²) in [4.78, 5) is 21.8. The number of rotatable bonds is 5. The molecule has 2 aromatic carbocycles. The highest BCUT2D eigenvalue weighted by atomic mass is 16.6. The smallest absolute Gasteiger partial charge is 0.336 e. The summed E-state index contributed by atoms with van der Waals surface area (Å²) in [6, 6.07) is 11.1. The summed E-state index contributed by atoms with van der Waals surface area (Å²) in [7, 11) is 0. The van der Waals surface area contributed by atoms with E-state index in [0.29, 0.717) is 5.56 Å². The van der Waals surface area contributed by atoms with E-state index in [-0.39, 0.29) is 29.2 Å². The van der Waals surface area contributed by atoms with Gasteiger partial charge in [-0.05, 0) is 18.6 Å². The Morgan fingerprint density at radius 3 is 2.48 bits per heavy atom. The molecule has 0 radical (unpaired) electrons. The van der Waals surface area contributed by atoms with E-state index >= 15 is 0 Å². The van der Waals surface area contributed by atoms with Gasteiger partial charge in [-0.1, -0.05) is 30.3 Å². The molecule has 0 spiro atoms. The first-order chi connectivity index (χ1) is 10.0. The van der Waals surface area contributed by atoms with E-state index in [1.54, 1.807) is 37.3 Å². The van der Waals surface area contributed by atoms with Gasteiger partial charge in [-0.15, -0.1) is 0 Å². The van der Waals surface area contributed by atoms with Crippen LogP contribution in [0.5, 0.6) is 5.75 Å². The molecule has 0 saturated carbocycles. The number of aromatic carboxylic acids is 1. The predicted molar refractivity (Wildman–Crippen MR) is 76.7 cm³/mol. The van der Waals surface area contributed by atoms with Gasteiger partial charge >= 0.3 is 5.97 Å². The third-order valence-electron chi connectivity index (χ3n) is 2.89. The predicted octanol–water partition coefficient (Wildman–Crippen LogP) is 3.36. The lowest BCUT2D eigenvalue weighted by Crippen LogP contribution is -2.04. The Kier molecular flexibility index (Phi) is 4.18. The average molecular weight is 287 g/mol. The monoisotopic (exact) mass is 287 g/mol. The van der Waals surface area contributed by atoms with Crippen molar-refractivity contribution in [3.8, 4) is 16.9 Å². The molecule has 0 aromatic heterocycles. The molecule has 0 bridgehead atoms. The first-order valence-electron chi connectivity index (χ1n) is 6.28. The molecule has 0 fully saturated rings. The third kappa shape index (κ3) is 3.00. The van der Waals surface area contributed by atoms with Crippen molar-refractivity contribution in [3.63, 3.8) is 0 Å². The molecule has 6 nitrogen and oxygen atoms in total. The van der Waals surface area contributed by atoms with Crippen LogP contribution < -0.4 is 4.74 Å². The van der Waals surface area contributed by atoms with Crippen LogP contribution in [-0.2, 0) is 0 Å². The van der Waals surface area contributed by atoms with Gasteiger partial charge in [-0.25, -0.2) is 4.79 Å². The topological polar surface area (TPSA) is 89.7 Å². The normalized spacial score (nSPS) is 10.1. The van der Waals surface area contributed by atoms with E-state index in [9.17, 15) is 14.9 Å². The lowest BCUT2D eigenvalue weighted by Gasteiger charge is -2.12. The highest BCUT2D eigenvalue weighted by molar-refractivity contribution is 5.92. The Labute approximate surface area is 120 Å². The number of hydrogen-bond donors (Lipinski definition) is 1. The number of nitro benzene ring substituents is 1. The van der Waals surface area contributed by atoms with E-state index in [1.165, 1.54) is 6.07 Å². The summed E-state index contributed by atoms with van der Waals surface area (Å²) in [5, 5.41) is 20.4. The summed E-state index contributed by atoms with van der Waals surface area (Å²) < 4.78 is 5.41. The fraction of sp³-hybridized carbons (Fsp3) is 0.133. The molecule has 0 heterocycles. The second kappa shape index (κ2) is 6.04. The van der Waals surface area contributed by atoms with Crippen LogP contribution in [0.25, 0.3) is 11.1 Å². The van der Waals surface area contributed by atoms with Crippen LogP contribution >= 0.6 is 0 Å². The molecular weight excluding hydrogens is 274 g/mol. The van der Waals surface area contributed by atoms with Crippen molar-refractivity contribution in [2.24, 2.45) is 0 Å². The Morgan fingerprint density at radius 1 is 1.29 bits per heavy atom. The SMILES string of the molecule is CCOc1cc(C(=O)O)cc([N+](=O)[O-])c1-c1ccccc1. The van der Waals surface area contributed by atoms with Gasteiger partial charge in [0.15, 0.2) is 0 Å². The Morgan fingerprint density at radius 2 is 1.95 bits per heavy atom. The summed E-state index contributed by atoms with van der Waals surface area (Å²) in [5.74, 6) is -1.05. The van der Waals surface area contributed by atoms with Crippen LogP contribution in [-0.4, -0.2) is 22.6 Å². The molecule has 108 valence electrons. The van der Waals surface area contributed by atoms with Crippen molar-refractivity contribution >= 4 is 11.7 Å². The number of carboxylic acid groups (broad SMARTS) is 1. The molecule has 0 atom stereocenters. The van der Waals surface area contributed by atoms with Gasteiger partial charge in [0.2, 0.25) is 0 Å². The number of benzene rings is 2. The fourth-order valence-corrected chi connectivity index (χ4v) is 2.03. The molecule has 0 saturated heterocycles. The van der Waals surface area contributed by atoms with Crippen molar-refractivity contribution in [2.75, 3.05) is 6.61 Å². The first-order valence-corrected chi connectivity index (χ1v) is 6.28. The molecule has 0 aliphatic heterocycles. The Hall–Kier alpha value is -2.89. The molecule has 6 heteroatoms. The van der Waals surface area contributed by atoms with Crippen LogP contribution in [0.4, 0.5) is 5.69 Å². The minimum Gasteiger partial charge on any atom is -0.493 e. The van der Waals surface area contributed by atoms with Crippen LogP contribution in [0.3, 0.4) is 0 Å². The second-order valence-electron chi connectivity index (χ2n) is 4.23. The zero-order valence-corrected chi connectivity index (χ0v) is 11.3. The van der Waals surface area contributed by atoms with Gasteiger partial charge in [0.05, 0.1) is 17.1 Å². The van der Waals surface area contributed by atoms with Gasteiger partial charge in [0.1, 0.15) is 11.3 Å². The van der Waals surface area contributed by atoms with Crippen LogP contribution in [0.1, 0.15) is 17.3 Å². The summed E-state index contributed by atoms with van der Waals surface area (Å²) in [6.07, 6.45) is 0. The summed E-state index contributed by atoms with van der Waals surface area (Å²) in [6.45, 7) is 2.01. The largest absolute Gasteiger partial charge is 0.493 e. The van der Waals surface area contributed by atoms with Crippen molar-refractivity contribution in [1.82, 2.24) is 0 Å². The van der Waals surface area contributed by atoms with Crippen molar-refractivity contribution < 1.29 is 19.6 Å². The number of hydrogen-bond acceptors (Lipinski definition) is 4. The zero-order valence-electron chi connectivity index (χ0n) is 11.3. The maximum absolute atomic E-state index is 11.3. The summed E-state index contributed by atoms with van der Waals surface area (Å²) in [5.41, 5.74) is 0.423.